The van der Waals surface area contributed by atoms with E-state index < -0.39 is 17.7 Å². The molecule has 3 aromatic rings. The van der Waals surface area contributed by atoms with Crippen LogP contribution in [0.25, 0.3) is 11.0 Å². The van der Waals surface area contributed by atoms with E-state index in [1.165, 1.54) is 12.1 Å². The summed E-state index contributed by atoms with van der Waals surface area (Å²) in [6.07, 6.45) is 3.10. The number of ether oxygens (including phenoxy) is 2. The van der Waals surface area contributed by atoms with Crippen molar-refractivity contribution in [3.63, 3.8) is 0 Å². The van der Waals surface area contributed by atoms with Gasteiger partial charge in [-0.05, 0) is 44.0 Å². The molecule has 1 saturated carbocycles. The van der Waals surface area contributed by atoms with Crippen molar-refractivity contribution in [3.8, 4) is 17.6 Å². The first kappa shape index (κ1) is 23.4. The largest absolute Gasteiger partial charge is 0.454 e. The first-order chi connectivity index (χ1) is 16.4. The summed E-state index contributed by atoms with van der Waals surface area (Å²) in [7, 11) is 0. The van der Waals surface area contributed by atoms with E-state index in [-0.39, 0.29) is 22.4 Å². The normalized spacial score (nSPS) is 13.3. The summed E-state index contributed by atoms with van der Waals surface area (Å²) >= 11 is 12.7. The maximum Gasteiger partial charge on any atom is 0.414 e. The van der Waals surface area contributed by atoms with Crippen molar-refractivity contribution in [1.82, 2.24) is 14.9 Å². The van der Waals surface area contributed by atoms with Crippen molar-refractivity contribution in [3.05, 3.63) is 46.7 Å². The number of halogens is 2. The Kier molecular flexibility index (Phi) is 6.86. The van der Waals surface area contributed by atoms with Gasteiger partial charge in [-0.3, -0.25) is 15.5 Å². The minimum absolute atomic E-state index is 0.0693. The van der Waals surface area contributed by atoms with Crippen molar-refractivity contribution in [2.75, 3.05) is 12.0 Å². The molecule has 0 bridgehead atoms. The fourth-order valence-corrected chi connectivity index (χ4v) is 3.68. The second kappa shape index (κ2) is 9.99. The first-order valence-corrected chi connectivity index (χ1v) is 11.0. The third-order valence-corrected chi connectivity index (χ3v) is 5.38. The number of hydrogen-bond acceptors (Lipinski definition) is 8. The number of alkyl carbamates (subject to hydrolysis) is 1. The van der Waals surface area contributed by atoms with Crippen LogP contribution in [0.15, 0.2) is 41.8 Å². The number of rotatable bonds is 7. The molecule has 1 fully saturated rings. The molecule has 34 heavy (non-hydrogen) atoms. The Morgan fingerprint density at radius 3 is 2.65 bits per heavy atom. The molecule has 2 aromatic carbocycles. The standard InChI is InChI=1S/C22H18Cl2N6O4/c1-2-33-22(32)27-21(31)18(10-25)29-28-12-7-15(23)20(16(24)8-12)34-14-5-6-17-19(9-14)30(11-26-17)13-3-4-13/h5-9,11,13,28H,2-4H2,1H3,(H,27,31,32)/b29-18+. The predicted octanol–water partition coefficient (Wildman–Crippen LogP) is 5.03. The SMILES string of the molecule is CCOC(=O)NC(=O)/C(C#N)=N/Nc1cc(Cl)c(Oc2ccc3ncn(C4CC4)c3c2)c(Cl)c1. The molecule has 0 saturated heterocycles. The average molecular weight is 501 g/mol. The lowest BCUT2D eigenvalue weighted by atomic mass is 10.2. The number of hydrogen-bond donors (Lipinski definition) is 2. The van der Waals surface area contributed by atoms with Gasteiger partial charge in [0.1, 0.15) is 11.8 Å². The van der Waals surface area contributed by atoms with Gasteiger partial charge in [-0.1, -0.05) is 23.2 Å². The summed E-state index contributed by atoms with van der Waals surface area (Å²) in [5, 5.41) is 15.1. The zero-order valence-electron chi connectivity index (χ0n) is 17.8. The molecule has 174 valence electrons. The van der Waals surface area contributed by atoms with E-state index in [4.69, 9.17) is 33.2 Å². The molecule has 1 heterocycles. The monoisotopic (exact) mass is 500 g/mol. The van der Waals surface area contributed by atoms with Gasteiger partial charge >= 0.3 is 6.09 Å². The van der Waals surface area contributed by atoms with Crippen LogP contribution >= 0.6 is 23.2 Å². The molecular formula is C22H18Cl2N6O4. The number of amides is 2. The summed E-state index contributed by atoms with van der Waals surface area (Å²) in [6, 6.07) is 10.5. The number of imidazole rings is 1. The Morgan fingerprint density at radius 1 is 1.26 bits per heavy atom. The molecule has 1 aromatic heterocycles. The zero-order valence-corrected chi connectivity index (χ0v) is 19.4. The molecule has 10 nitrogen and oxygen atoms in total. The van der Waals surface area contributed by atoms with Gasteiger partial charge in [0.2, 0.25) is 5.71 Å². The second-order valence-electron chi connectivity index (χ2n) is 7.26. The molecule has 12 heteroatoms. The Morgan fingerprint density at radius 2 is 2.00 bits per heavy atom. The minimum Gasteiger partial charge on any atom is -0.454 e. The van der Waals surface area contributed by atoms with Gasteiger partial charge in [-0.15, -0.1) is 0 Å². The minimum atomic E-state index is -1.02. The van der Waals surface area contributed by atoms with Crippen LogP contribution in [0, 0.1) is 11.3 Å². The highest BCUT2D eigenvalue weighted by atomic mass is 35.5. The third kappa shape index (κ3) is 5.22. The lowest BCUT2D eigenvalue weighted by Crippen LogP contribution is -2.36. The topological polar surface area (TPSA) is 131 Å². The van der Waals surface area contributed by atoms with Crippen LogP contribution < -0.4 is 15.5 Å². The highest BCUT2D eigenvalue weighted by molar-refractivity contribution is 6.47. The van der Waals surface area contributed by atoms with E-state index in [9.17, 15) is 9.59 Å². The molecule has 0 aliphatic heterocycles. The Bertz CT molecular complexity index is 1320. The summed E-state index contributed by atoms with van der Waals surface area (Å²) in [5.74, 6) is -0.249. The van der Waals surface area contributed by atoms with Gasteiger partial charge in [-0.25, -0.2) is 9.78 Å². The fraction of sp³-hybridized carbons (Fsp3) is 0.227. The van der Waals surface area contributed by atoms with Gasteiger partial charge in [-0.2, -0.15) is 10.4 Å². The number of nitrogens with one attached hydrogen (secondary N) is 2. The number of anilines is 1. The van der Waals surface area contributed by atoms with Crippen LogP contribution in [0.1, 0.15) is 25.8 Å². The van der Waals surface area contributed by atoms with E-state index in [0.717, 1.165) is 23.9 Å². The number of carbonyl (C=O) groups excluding carboxylic acids is 2. The Labute approximate surface area is 204 Å². The molecule has 2 amide bonds. The summed E-state index contributed by atoms with van der Waals surface area (Å²) in [6.45, 7) is 1.65. The quantitative estimate of drug-likeness (QED) is 0.343. The predicted molar refractivity (Wildman–Crippen MR) is 126 cm³/mol. The van der Waals surface area contributed by atoms with Crippen LogP contribution in [0.3, 0.4) is 0 Å². The number of fused-ring (bicyclic) bond motifs is 1. The van der Waals surface area contributed by atoms with Crippen LogP contribution in [0.5, 0.6) is 11.5 Å². The number of imide groups is 1. The molecule has 0 unspecified atom stereocenters. The number of aromatic nitrogens is 2. The van der Waals surface area contributed by atoms with Crippen molar-refractivity contribution >= 4 is 57.6 Å². The molecule has 0 atom stereocenters. The number of carbonyl (C=O) groups is 2. The second-order valence-corrected chi connectivity index (χ2v) is 8.08. The fourth-order valence-electron chi connectivity index (χ4n) is 3.12. The average Bonchev–Trinajstić information content (AvgIpc) is 3.55. The van der Waals surface area contributed by atoms with Gasteiger partial charge < -0.3 is 14.0 Å². The molecule has 0 spiro atoms. The van der Waals surface area contributed by atoms with Gasteiger partial charge in [0.05, 0.1) is 39.7 Å². The lowest BCUT2D eigenvalue weighted by molar-refractivity contribution is -0.114. The summed E-state index contributed by atoms with van der Waals surface area (Å²) in [5.41, 5.74) is 4.05. The molecule has 1 aliphatic rings. The van der Waals surface area contributed by atoms with Crippen molar-refractivity contribution < 1.29 is 19.1 Å². The van der Waals surface area contributed by atoms with Crippen molar-refractivity contribution in [1.29, 1.82) is 5.26 Å². The first-order valence-electron chi connectivity index (χ1n) is 10.2. The van der Waals surface area contributed by atoms with Crippen LogP contribution in [0.2, 0.25) is 10.0 Å². The van der Waals surface area contributed by atoms with Gasteiger partial charge in [0, 0.05) is 12.1 Å². The Balaban J connectivity index is 1.50. The number of nitriles is 1. The van der Waals surface area contributed by atoms with E-state index in [1.54, 1.807) is 19.1 Å². The number of benzene rings is 2. The number of hydrazone groups is 1. The van der Waals surface area contributed by atoms with Gasteiger partial charge in [0.25, 0.3) is 5.91 Å². The maximum atomic E-state index is 11.9. The van der Waals surface area contributed by atoms with E-state index in [1.807, 2.05) is 23.8 Å². The van der Waals surface area contributed by atoms with Crippen molar-refractivity contribution in [2.45, 2.75) is 25.8 Å². The highest BCUT2D eigenvalue weighted by Gasteiger charge is 2.25. The van der Waals surface area contributed by atoms with Crippen LogP contribution in [-0.4, -0.2) is 33.9 Å². The maximum absolute atomic E-state index is 11.9. The number of nitrogens with zero attached hydrogens (tertiary/aromatic N) is 4. The van der Waals surface area contributed by atoms with Crippen LogP contribution in [-0.2, 0) is 9.53 Å². The highest BCUT2D eigenvalue weighted by Crippen LogP contribution is 2.41. The zero-order chi connectivity index (χ0) is 24.2. The van der Waals surface area contributed by atoms with Crippen molar-refractivity contribution in [2.24, 2.45) is 5.10 Å². The van der Waals surface area contributed by atoms with Gasteiger partial charge in [0.15, 0.2) is 5.75 Å². The third-order valence-electron chi connectivity index (χ3n) is 4.81. The Hall–Kier alpha value is -3.81. The molecule has 0 radical (unpaired) electrons. The molecule has 1 aliphatic carbocycles. The van der Waals surface area contributed by atoms with Crippen LogP contribution in [0.4, 0.5) is 10.5 Å². The lowest BCUT2D eigenvalue weighted by Gasteiger charge is -2.12. The van der Waals surface area contributed by atoms with E-state index >= 15 is 0 Å². The molecule has 2 N–H and O–H groups in total. The smallest absolute Gasteiger partial charge is 0.414 e. The molecule has 4 rings (SSSR count). The van der Waals surface area contributed by atoms with E-state index in [2.05, 4.69) is 24.8 Å². The summed E-state index contributed by atoms with van der Waals surface area (Å²) < 4.78 is 12.7. The van der Waals surface area contributed by atoms with E-state index in [0.29, 0.717) is 17.5 Å². The summed E-state index contributed by atoms with van der Waals surface area (Å²) in [4.78, 5) is 27.7. The molecular weight excluding hydrogens is 483 g/mol.